The number of para-hydroxylation sites is 1. The summed E-state index contributed by atoms with van der Waals surface area (Å²) in [4.78, 5) is 19.4. The minimum absolute atomic E-state index is 0.0707. The molecular formula is C26H34N4O3S. The molecule has 1 saturated carbocycles. The standard InChI is InChI=1S/C26H34N4O3S/c1-20-7-5-10-24(25(20)28-19-21-8-3-2-4-9-21)29-34(32,33)23-13-11-22(12-14-23)26(31)30-17-6-15-27-16-18-30/h5,7,10-14,19,21,27,29H,2-4,6,8-9,15-18H2,1H3. The zero-order valence-electron chi connectivity index (χ0n) is 19.8. The highest BCUT2D eigenvalue weighted by atomic mass is 32.2. The Kier molecular flexibility index (Phi) is 8.00. The monoisotopic (exact) mass is 482 g/mol. The number of sulfonamides is 1. The van der Waals surface area contributed by atoms with Crippen LogP contribution in [0.2, 0.25) is 0 Å². The van der Waals surface area contributed by atoms with E-state index >= 15 is 0 Å². The van der Waals surface area contributed by atoms with Crippen LogP contribution in [-0.4, -0.2) is 51.6 Å². The van der Waals surface area contributed by atoms with Crippen LogP contribution in [0.5, 0.6) is 0 Å². The van der Waals surface area contributed by atoms with Crippen LogP contribution in [0.3, 0.4) is 0 Å². The minimum Gasteiger partial charge on any atom is -0.337 e. The number of anilines is 1. The molecule has 1 amide bonds. The highest BCUT2D eigenvalue weighted by Gasteiger charge is 2.20. The average molecular weight is 483 g/mol. The third kappa shape index (κ3) is 6.04. The van der Waals surface area contributed by atoms with E-state index in [-0.39, 0.29) is 10.8 Å². The molecule has 1 aliphatic carbocycles. The molecule has 0 unspecified atom stereocenters. The molecule has 0 bridgehead atoms. The van der Waals surface area contributed by atoms with Gasteiger partial charge in [0.1, 0.15) is 0 Å². The van der Waals surface area contributed by atoms with Crippen molar-refractivity contribution in [3.63, 3.8) is 0 Å². The molecule has 2 fully saturated rings. The van der Waals surface area contributed by atoms with Crippen molar-refractivity contribution in [3.8, 4) is 0 Å². The largest absolute Gasteiger partial charge is 0.337 e. The van der Waals surface area contributed by atoms with Crippen molar-refractivity contribution >= 4 is 33.5 Å². The van der Waals surface area contributed by atoms with E-state index in [4.69, 9.17) is 4.99 Å². The lowest BCUT2D eigenvalue weighted by Crippen LogP contribution is -2.34. The molecule has 8 heteroatoms. The summed E-state index contributed by atoms with van der Waals surface area (Å²) in [5, 5.41) is 3.28. The van der Waals surface area contributed by atoms with E-state index in [1.165, 1.54) is 31.4 Å². The van der Waals surface area contributed by atoms with E-state index in [2.05, 4.69) is 10.0 Å². The highest BCUT2D eigenvalue weighted by molar-refractivity contribution is 7.92. The molecule has 1 heterocycles. The number of aliphatic imine (C=N–C) groups is 1. The molecule has 34 heavy (non-hydrogen) atoms. The van der Waals surface area contributed by atoms with Gasteiger partial charge in [0.2, 0.25) is 0 Å². The second-order valence-electron chi connectivity index (χ2n) is 9.17. The second-order valence-corrected chi connectivity index (χ2v) is 10.9. The molecule has 2 aromatic rings. The molecule has 182 valence electrons. The number of nitrogens with zero attached hydrogens (tertiary/aromatic N) is 2. The van der Waals surface area contributed by atoms with Gasteiger partial charge in [-0.05, 0) is 74.5 Å². The zero-order valence-corrected chi connectivity index (χ0v) is 20.6. The predicted molar refractivity (Wildman–Crippen MR) is 137 cm³/mol. The van der Waals surface area contributed by atoms with Gasteiger partial charge in [-0.2, -0.15) is 0 Å². The number of rotatable bonds is 6. The summed E-state index contributed by atoms with van der Waals surface area (Å²) in [7, 11) is -3.83. The quantitative estimate of drug-likeness (QED) is 0.593. The van der Waals surface area contributed by atoms with Crippen LogP contribution in [0, 0.1) is 12.8 Å². The lowest BCUT2D eigenvalue weighted by molar-refractivity contribution is 0.0766. The first-order chi connectivity index (χ1) is 16.4. The van der Waals surface area contributed by atoms with Crippen LogP contribution in [-0.2, 0) is 10.0 Å². The normalized spacial score (nSPS) is 18.1. The Bertz CT molecular complexity index is 1120. The lowest BCUT2D eigenvalue weighted by Gasteiger charge is -2.20. The van der Waals surface area contributed by atoms with Gasteiger partial charge >= 0.3 is 0 Å². The highest BCUT2D eigenvalue weighted by Crippen LogP contribution is 2.32. The molecule has 4 rings (SSSR count). The Morgan fingerprint density at radius 3 is 2.56 bits per heavy atom. The Morgan fingerprint density at radius 2 is 1.79 bits per heavy atom. The van der Waals surface area contributed by atoms with Crippen LogP contribution in [0.4, 0.5) is 11.4 Å². The zero-order chi connectivity index (χ0) is 24.0. The predicted octanol–water partition coefficient (Wildman–Crippen LogP) is 4.51. The number of aryl methyl sites for hydroxylation is 1. The molecule has 0 aromatic heterocycles. The number of hydrogen-bond donors (Lipinski definition) is 2. The number of benzene rings is 2. The minimum atomic E-state index is -3.83. The fourth-order valence-electron chi connectivity index (χ4n) is 4.59. The van der Waals surface area contributed by atoms with Gasteiger partial charge in [0, 0.05) is 31.4 Å². The summed E-state index contributed by atoms with van der Waals surface area (Å²) >= 11 is 0. The molecule has 2 N–H and O–H groups in total. The van der Waals surface area contributed by atoms with Crippen molar-refractivity contribution in [1.82, 2.24) is 10.2 Å². The molecule has 7 nitrogen and oxygen atoms in total. The van der Waals surface area contributed by atoms with Crippen LogP contribution < -0.4 is 10.0 Å². The summed E-state index contributed by atoms with van der Waals surface area (Å²) in [6.45, 7) is 4.95. The van der Waals surface area contributed by atoms with Crippen molar-refractivity contribution in [2.75, 3.05) is 30.9 Å². The van der Waals surface area contributed by atoms with Gasteiger partial charge in [-0.3, -0.25) is 14.5 Å². The maximum atomic E-state index is 13.1. The van der Waals surface area contributed by atoms with Gasteiger partial charge in [0.15, 0.2) is 0 Å². The van der Waals surface area contributed by atoms with Gasteiger partial charge in [-0.15, -0.1) is 0 Å². The third-order valence-corrected chi connectivity index (χ3v) is 7.97. The molecule has 0 spiro atoms. The van der Waals surface area contributed by atoms with Crippen LogP contribution in [0.25, 0.3) is 0 Å². The molecule has 0 atom stereocenters. The second kappa shape index (κ2) is 11.1. The van der Waals surface area contributed by atoms with E-state index in [0.717, 1.165) is 37.9 Å². The van der Waals surface area contributed by atoms with E-state index in [1.807, 2.05) is 30.2 Å². The first kappa shape index (κ1) is 24.4. The maximum absolute atomic E-state index is 13.1. The van der Waals surface area contributed by atoms with Crippen molar-refractivity contribution in [3.05, 3.63) is 53.6 Å². The van der Waals surface area contributed by atoms with E-state index in [9.17, 15) is 13.2 Å². The molecular weight excluding hydrogens is 448 g/mol. The van der Waals surface area contributed by atoms with E-state index in [1.54, 1.807) is 18.2 Å². The first-order valence-corrected chi connectivity index (χ1v) is 13.7. The number of amides is 1. The van der Waals surface area contributed by atoms with Gasteiger partial charge in [-0.1, -0.05) is 31.4 Å². The maximum Gasteiger partial charge on any atom is 0.261 e. The summed E-state index contributed by atoms with van der Waals surface area (Å²) in [5.41, 5.74) is 2.52. The molecule has 2 aliphatic rings. The third-order valence-electron chi connectivity index (χ3n) is 6.59. The molecule has 1 saturated heterocycles. The number of hydrogen-bond acceptors (Lipinski definition) is 5. The van der Waals surface area contributed by atoms with Crippen molar-refractivity contribution in [1.29, 1.82) is 0 Å². The van der Waals surface area contributed by atoms with Crippen LogP contribution in [0.15, 0.2) is 52.4 Å². The van der Waals surface area contributed by atoms with Gasteiger partial charge in [0.05, 0.1) is 16.3 Å². The van der Waals surface area contributed by atoms with E-state index in [0.29, 0.717) is 35.9 Å². The Morgan fingerprint density at radius 1 is 1.03 bits per heavy atom. The molecule has 1 aliphatic heterocycles. The Balaban J connectivity index is 1.50. The van der Waals surface area contributed by atoms with Gasteiger partial charge < -0.3 is 10.2 Å². The first-order valence-electron chi connectivity index (χ1n) is 12.2. The Labute approximate surface area is 202 Å². The topological polar surface area (TPSA) is 90.9 Å². The smallest absolute Gasteiger partial charge is 0.261 e. The summed E-state index contributed by atoms with van der Waals surface area (Å²) in [5.74, 6) is 0.376. The molecule has 2 aromatic carbocycles. The van der Waals surface area contributed by atoms with Crippen molar-refractivity contribution in [2.24, 2.45) is 10.9 Å². The number of carbonyl (C=O) groups is 1. The summed E-state index contributed by atoms with van der Waals surface area (Å²) in [6, 6.07) is 11.7. The Hall–Kier alpha value is -2.71. The van der Waals surface area contributed by atoms with Crippen molar-refractivity contribution < 1.29 is 13.2 Å². The molecule has 0 radical (unpaired) electrons. The fourth-order valence-corrected chi connectivity index (χ4v) is 5.65. The van der Waals surface area contributed by atoms with Gasteiger partial charge in [-0.25, -0.2) is 8.42 Å². The van der Waals surface area contributed by atoms with Crippen LogP contribution >= 0.6 is 0 Å². The number of nitrogens with one attached hydrogen (secondary N) is 2. The SMILES string of the molecule is Cc1cccc(NS(=O)(=O)c2ccc(C(=O)N3CCCNCC3)cc2)c1N=CC1CCCCC1. The lowest BCUT2D eigenvalue weighted by atomic mass is 9.90. The summed E-state index contributed by atoms with van der Waals surface area (Å²) < 4.78 is 29.0. The fraction of sp³-hybridized carbons (Fsp3) is 0.462. The van der Waals surface area contributed by atoms with Crippen LogP contribution in [0.1, 0.15) is 54.4 Å². The van der Waals surface area contributed by atoms with Crippen molar-refractivity contribution in [2.45, 2.75) is 50.3 Å². The van der Waals surface area contributed by atoms with Gasteiger partial charge in [0.25, 0.3) is 15.9 Å². The number of carbonyl (C=O) groups excluding carboxylic acids is 1. The average Bonchev–Trinajstić information content (AvgIpc) is 3.13. The van der Waals surface area contributed by atoms with E-state index < -0.39 is 10.0 Å². The summed E-state index contributed by atoms with van der Waals surface area (Å²) in [6.07, 6.45) is 8.88.